The quantitative estimate of drug-likeness (QED) is 0.392. The van der Waals surface area contributed by atoms with E-state index in [9.17, 15) is 9.59 Å². The molecule has 6 nitrogen and oxygen atoms in total. The summed E-state index contributed by atoms with van der Waals surface area (Å²) in [5.41, 5.74) is 10.8. The van der Waals surface area contributed by atoms with E-state index in [1.54, 1.807) is 13.8 Å². The summed E-state index contributed by atoms with van der Waals surface area (Å²) in [4.78, 5) is 22.1. The SMILES string of the molecule is CC(N)CNC(=O)C(=O)NCC(C)N. The van der Waals surface area contributed by atoms with Gasteiger partial charge in [-0.05, 0) is 13.8 Å². The topological polar surface area (TPSA) is 110 Å². The van der Waals surface area contributed by atoms with Gasteiger partial charge >= 0.3 is 11.8 Å². The maximum atomic E-state index is 11.0. The molecule has 6 N–H and O–H groups in total. The number of hydrogen-bond acceptors (Lipinski definition) is 4. The van der Waals surface area contributed by atoms with E-state index in [-0.39, 0.29) is 25.2 Å². The van der Waals surface area contributed by atoms with E-state index in [1.807, 2.05) is 0 Å². The fourth-order valence-electron chi connectivity index (χ4n) is 0.668. The molecule has 0 aromatic rings. The van der Waals surface area contributed by atoms with Crippen LogP contribution in [0.15, 0.2) is 0 Å². The van der Waals surface area contributed by atoms with Gasteiger partial charge < -0.3 is 22.1 Å². The maximum absolute atomic E-state index is 11.0. The predicted molar refractivity (Wildman–Crippen MR) is 53.3 cm³/mol. The van der Waals surface area contributed by atoms with Crippen molar-refractivity contribution in [3.63, 3.8) is 0 Å². The summed E-state index contributed by atoms with van der Waals surface area (Å²) in [6.45, 7) is 4.04. The number of rotatable bonds is 4. The van der Waals surface area contributed by atoms with Crippen LogP contribution in [0.4, 0.5) is 0 Å². The highest BCUT2D eigenvalue weighted by molar-refractivity contribution is 6.35. The van der Waals surface area contributed by atoms with Crippen LogP contribution in [-0.4, -0.2) is 37.0 Å². The fraction of sp³-hybridized carbons (Fsp3) is 0.750. The molecule has 0 aromatic heterocycles. The van der Waals surface area contributed by atoms with Crippen molar-refractivity contribution in [1.82, 2.24) is 10.6 Å². The van der Waals surface area contributed by atoms with Gasteiger partial charge in [-0.3, -0.25) is 9.59 Å². The van der Waals surface area contributed by atoms with Gasteiger partial charge in [0.15, 0.2) is 0 Å². The second-order valence-corrected chi connectivity index (χ2v) is 3.37. The lowest BCUT2D eigenvalue weighted by Crippen LogP contribution is -2.46. The Hall–Kier alpha value is -1.14. The second kappa shape index (κ2) is 6.33. The van der Waals surface area contributed by atoms with Crippen LogP contribution in [0.1, 0.15) is 13.8 Å². The lowest BCUT2D eigenvalue weighted by molar-refractivity contribution is -0.139. The van der Waals surface area contributed by atoms with E-state index in [4.69, 9.17) is 11.5 Å². The molecule has 0 aliphatic carbocycles. The molecule has 14 heavy (non-hydrogen) atoms. The first kappa shape index (κ1) is 12.9. The van der Waals surface area contributed by atoms with Crippen LogP contribution in [0.5, 0.6) is 0 Å². The van der Waals surface area contributed by atoms with Gasteiger partial charge in [-0.15, -0.1) is 0 Å². The third kappa shape index (κ3) is 6.38. The summed E-state index contributed by atoms with van der Waals surface area (Å²) in [5.74, 6) is -1.36. The molecule has 0 aromatic carbocycles. The standard InChI is InChI=1S/C8H18N4O2/c1-5(9)3-11-7(13)8(14)12-4-6(2)10/h5-6H,3-4,9-10H2,1-2H3,(H,11,13)(H,12,14). The molecular weight excluding hydrogens is 184 g/mol. The first-order valence-electron chi connectivity index (χ1n) is 4.50. The van der Waals surface area contributed by atoms with Crippen molar-refractivity contribution in [3.8, 4) is 0 Å². The van der Waals surface area contributed by atoms with E-state index in [1.165, 1.54) is 0 Å². The van der Waals surface area contributed by atoms with Gasteiger partial charge in [0.2, 0.25) is 0 Å². The van der Waals surface area contributed by atoms with Gasteiger partial charge in [0, 0.05) is 25.2 Å². The zero-order valence-corrected chi connectivity index (χ0v) is 8.54. The monoisotopic (exact) mass is 202 g/mol. The molecule has 82 valence electrons. The highest BCUT2D eigenvalue weighted by Crippen LogP contribution is 1.75. The van der Waals surface area contributed by atoms with Gasteiger partial charge in [0.05, 0.1) is 0 Å². The van der Waals surface area contributed by atoms with Crippen LogP contribution < -0.4 is 22.1 Å². The van der Waals surface area contributed by atoms with Crippen LogP contribution in [0, 0.1) is 0 Å². The lowest BCUT2D eigenvalue weighted by Gasteiger charge is -2.09. The summed E-state index contributed by atoms with van der Waals surface area (Å²) in [7, 11) is 0. The Morgan fingerprint density at radius 3 is 1.50 bits per heavy atom. The minimum Gasteiger partial charge on any atom is -0.346 e. The number of hydrogen-bond donors (Lipinski definition) is 4. The highest BCUT2D eigenvalue weighted by Gasteiger charge is 2.12. The molecule has 2 atom stereocenters. The van der Waals surface area contributed by atoms with Crippen LogP contribution >= 0.6 is 0 Å². The number of nitrogens with two attached hydrogens (primary N) is 2. The Balaban J connectivity index is 3.71. The van der Waals surface area contributed by atoms with E-state index in [0.29, 0.717) is 0 Å². The zero-order valence-electron chi connectivity index (χ0n) is 8.54. The van der Waals surface area contributed by atoms with Crippen molar-refractivity contribution in [2.75, 3.05) is 13.1 Å². The predicted octanol–water partition coefficient (Wildman–Crippen LogP) is -2.09. The van der Waals surface area contributed by atoms with Crippen LogP contribution in [0.25, 0.3) is 0 Å². The van der Waals surface area contributed by atoms with Gasteiger partial charge in [-0.25, -0.2) is 0 Å². The fourth-order valence-corrected chi connectivity index (χ4v) is 0.668. The molecule has 2 unspecified atom stereocenters. The van der Waals surface area contributed by atoms with Gasteiger partial charge in [-0.1, -0.05) is 0 Å². The largest absolute Gasteiger partial charge is 0.346 e. The van der Waals surface area contributed by atoms with Gasteiger partial charge in [-0.2, -0.15) is 0 Å². The molecular formula is C8H18N4O2. The van der Waals surface area contributed by atoms with Crippen LogP contribution in [-0.2, 0) is 9.59 Å². The van der Waals surface area contributed by atoms with Crippen molar-refractivity contribution in [2.45, 2.75) is 25.9 Å². The summed E-state index contributed by atoms with van der Waals surface area (Å²) in [6.07, 6.45) is 0. The Kier molecular flexibility index (Phi) is 5.82. The highest BCUT2D eigenvalue weighted by atomic mass is 16.2. The van der Waals surface area contributed by atoms with Crippen molar-refractivity contribution < 1.29 is 9.59 Å². The number of amides is 2. The van der Waals surface area contributed by atoms with Crippen molar-refractivity contribution in [1.29, 1.82) is 0 Å². The number of nitrogens with one attached hydrogen (secondary N) is 2. The van der Waals surface area contributed by atoms with E-state index in [0.717, 1.165) is 0 Å². The molecule has 0 bridgehead atoms. The Morgan fingerprint density at radius 2 is 1.29 bits per heavy atom. The molecule has 0 aliphatic rings. The average Bonchev–Trinajstić information content (AvgIpc) is 2.09. The number of carbonyl (C=O) groups is 2. The van der Waals surface area contributed by atoms with Crippen LogP contribution in [0.2, 0.25) is 0 Å². The minimum absolute atomic E-state index is 0.166. The molecule has 0 spiro atoms. The third-order valence-corrected chi connectivity index (χ3v) is 1.38. The van der Waals surface area contributed by atoms with E-state index < -0.39 is 11.8 Å². The first-order chi connectivity index (χ1) is 6.43. The molecule has 0 heterocycles. The van der Waals surface area contributed by atoms with E-state index >= 15 is 0 Å². The Labute approximate surface area is 83.4 Å². The zero-order chi connectivity index (χ0) is 11.1. The molecule has 0 rings (SSSR count). The Morgan fingerprint density at radius 1 is 1.00 bits per heavy atom. The van der Waals surface area contributed by atoms with Gasteiger partial charge in [0.1, 0.15) is 0 Å². The average molecular weight is 202 g/mol. The lowest BCUT2D eigenvalue weighted by atomic mass is 10.3. The summed E-state index contributed by atoms with van der Waals surface area (Å²) < 4.78 is 0. The van der Waals surface area contributed by atoms with Gasteiger partial charge in [0.25, 0.3) is 0 Å². The summed E-state index contributed by atoms with van der Waals surface area (Å²) in [5, 5.41) is 4.78. The maximum Gasteiger partial charge on any atom is 0.309 e. The smallest absolute Gasteiger partial charge is 0.309 e. The summed E-state index contributed by atoms with van der Waals surface area (Å²) >= 11 is 0. The van der Waals surface area contributed by atoms with Crippen LogP contribution in [0.3, 0.4) is 0 Å². The second-order valence-electron chi connectivity index (χ2n) is 3.37. The molecule has 0 saturated heterocycles. The molecule has 0 fully saturated rings. The van der Waals surface area contributed by atoms with Crippen molar-refractivity contribution >= 4 is 11.8 Å². The first-order valence-corrected chi connectivity index (χ1v) is 4.50. The molecule has 0 radical (unpaired) electrons. The molecule has 0 saturated carbocycles. The van der Waals surface area contributed by atoms with E-state index in [2.05, 4.69) is 10.6 Å². The van der Waals surface area contributed by atoms with Crippen molar-refractivity contribution in [3.05, 3.63) is 0 Å². The minimum atomic E-state index is -0.678. The molecule has 6 heteroatoms. The third-order valence-electron chi connectivity index (χ3n) is 1.38. The number of carbonyl (C=O) groups excluding carboxylic acids is 2. The normalized spacial score (nSPS) is 14.3. The van der Waals surface area contributed by atoms with Crippen molar-refractivity contribution in [2.24, 2.45) is 11.5 Å². The summed E-state index contributed by atoms with van der Waals surface area (Å²) in [6, 6.07) is -0.333. The molecule has 0 aliphatic heterocycles. The Bertz CT molecular complexity index is 182. The molecule has 2 amide bonds.